The SMILES string of the molecule is CC1CCC(C(N)C2CC2c2ccccc2)(N(C)C)CC1. The van der Waals surface area contributed by atoms with Crippen molar-refractivity contribution < 1.29 is 0 Å². The summed E-state index contributed by atoms with van der Waals surface area (Å²) in [5, 5.41) is 0. The van der Waals surface area contributed by atoms with Crippen LogP contribution in [0.15, 0.2) is 30.3 Å². The van der Waals surface area contributed by atoms with Crippen LogP contribution in [0.4, 0.5) is 0 Å². The number of rotatable bonds is 4. The lowest BCUT2D eigenvalue weighted by Gasteiger charge is -2.49. The Hall–Kier alpha value is -0.860. The van der Waals surface area contributed by atoms with Crippen molar-refractivity contribution in [1.29, 1.82) is 0 Å². The first-order chi connectivity index (χ1) is 10.0. The molecule has 2 nitrogen and oxygen atoms in total. The van der Waals surface area contributed by atoms with Gasteiger partial charge in [-0.25, -0.2) is 0 Å². The molecule has 2 fully saturated rings. The molecule has 0 aliphatic heterocycles. The van der Waals surface area contributed by atoms with E-state index in [0.717, 1.165) is 5.92 Å². The second-order valence-electron chi connectivity index (χ2n) is 7.62. The average Bonchev–Trinajstić information content (AvgIpc) is 3.28. The third kappa shape index (κ3) is 2.76. The quantitative estimate of drug-likeness (QED) is 0.916. The van der Waals surface area contributed by atoms with Crippen LogP contribution in [0.1, 0.15) is 50.5 Å². The molecule has 0 spiro atoms. The highest BCUT2D eigenvalue weighted by Crippen LogP contribution is 2.53. The fraction of sp³-hybridized carbons (Fsp3) is 0.684. The van der Waals surface area contributed by atoms with E-state index in [9.17, 15) is 0 Å². The lowest BCUT2D eigenvalue weighted by atomic mass is 9.70. The number of hydrogen-bond acceptors (Lipinski definition) is 2. The fourth-order valence-corrected chi connectivity index (χ4v) is 4.43. The minimum Gasteiger partial charge on any atom is -0.326 e. The first-order valence-corrected chi connectivity index (χ1v) is 8.52. The molecule has 2 aliphatic carbocycles. The molecule has 21 heavy (non-hydrogen) atoms. The molecule has 0 bridgehead atoms. The van der Waals surface area contributed by atoms with E-state index in [4.69, 9.17) is 5.73 Å². The largest absolute Gasteiger partial charge is 0.326 e. The second-order valence-corrected chi connectivity index (χ2v) is 7.62. The van der Waals surface area contributed by atoms with Gasteiger partial charge in [0.2, 0.25) is 0 Å². The van der Waals surface area contributed by atoms with Gasteiger partial charge < -0.3 is 10.6 Å². The van der Waals surface area contributed by atoms with E-state index < -0.39 is 0 Å². The molecule has 116 valence electrons. The van der Waals surface area contributed by atoms with Crippen LogP contribution in [0.25, 0.3) is 0 Å². The van der Waals surface area contributed by atoms with Crippen LogP contribution in [0, 0.1) is 11.8 Å². The minimum absolute atomic E-state index is 0.223. The Morgan fingerprint density at radius 1 is 1.14 bits per heavy atom. The van der Waals surface area contributed by atoms with E-state index in [2.05, 4.69) is 56.3 Å². The molecule has 1 aromatic rings. The maximum atomic E-state index is 6.82. The van der Waals surface area contributed by atoms with Crippen LogP contribution in [-0.2, 0) is 0 Å². The van der Waals surface area contributed by atoms with Crippen LogP contribution in [0.3, 0.4) is 0 Å². The van der Waals surface area contributed by atoms with Crippen LogP contribution in [0.2, 0.25) is 0 Å². The van der Waals surface area contributed by atoms with Gasteiger partial charge in [0.25, 0.3) is 0 Å². The zero-order valence-electron chi connectivity index (χ0n) is 13.8. The van der Waals surface area contributed by atoms with Crippen molar-refractivity contribution in [3.05, 3.63) is 35.9 Å². The number of hydrogen-bond donors (Lipinski definition) is 1. The van der Waals surface area contributed by atoms with Crippen LogP contribution in [-0.4, -0.2) is 30.6 Å². The number of likely N-dealkylation sites (N-methyl/N-ethyl adjacent to an activating group) is 1. The monoisotopic (exact) mass is 286 g/mol. The lowest BCUT2D eigenvalue weighted by molar-refractivity contribution is 0.0490. The van der Waals surface area contributed by atoms with Crippen molar-refractivity contribution in [3.63, 3.8) is 0 Å². The molecule has 2 aliphatic rings. The summed E-state index contributed by atoms with van der Waals surface area (Å²) in [5.74, 6) is 2.23. The van der Waals surface area contributed by atoms with Crippen LogP contribution < -0.4 is 5.73 Å². The summed E-state index contributed by atoms with van der Waals surface area (Å²) in [6, 6.07) is 11.3. The first kappa shape index (κ1) is 15.1. The molecule has 0 amide bonds. The maximum absolute atomic E-state index is 6.82. The Labute approximate surface area is 129 Å². The number of nitrogens with two attached hydrogens (primary N) is 1. The molecule has 2 N–H and O–H groups in total. The molecule has 0 heterocycles. The molecular weight excluding hydrogens is 256 g/mol. The van der Waals surface area contributed by atoms with Crippen molar-refractivity contribution in [3.8, 4) is 0 Å². The molecule has 3 unspecified atom stereocenters. The molecular formula is C19H30N2. The maximum Gasteiger partial charge on any atom is 0.0357 e. The van der Waals surface area contributed by atoms with Crippen LogP contribution >= 0.6 is 0 Å². The molecule has 2 heteroatoms. The van der Waals surface area contributed by atoms with Crippen molar-refractivity contribution in [2.75, 3.05) is 14.1 Å². The molecule has 2 saturated carbocycles. The van der Waals surface area contributed by atoms with Crippen molar-refractivity contribution in [2.45, 2.75) is 56.5 Å². The van der Waals surface area contributed by atoms with Gasteiger partial charge in [-0.2, -0.15) is 0 Å². The summed E-state index contributed by atoms with van der Waals surface area (Å²) in [6.07, 6.45) is 6.46. The van der Waals surface area contributed by atoms with Gasteiger partial charge in [-0.15, -0.1) is 0 Å². The Morgan fingerprint density at radius 2 is 1.76 bits per heavy atom. The Bertz CT molecular complexity index is 460. The summed E-state index contributed by atoms with van der Waals surface area (Å²) in [7, 11) is 4.46. The third-order valence-corrected chi connectivity index (χ3v) is 6.18. The van der Waals surface area contributed by atoms with Crippen molar-refractivity contribution in [1.82, 2.24) is 4.90 Å². The topological polar surface area (TPSA) is 29.3 Å². The average molecular weight is 286 g/mol. The van der Waals surface area contributed by atoms with E-state index in [1.807, 2.05) is 0 Å². The zero-order valence-corrected chi connectivity index (χ0v) is 13.8. The number of benzene rings is 1. The smallest absolute Gasteiger partial charge is 0.0357 e. The fourth-order valence-electron chi connectivity index (χ4n) is 4.43. The Kier molecular flexibility index (Phi) is 4.11. The van der Waals surface area contributed by atoms with Gasteiger partial charge in [-0.1, -0.05) is 37.3 Å². The molecule has 3 rings (SSSR count). The second kappa shape index (κ2) is 5.73. The highest BCUT2D eigenvalue weighted by atomic mass is 15.2. The van der Waals surface area contributed by atoms with Crippen LogP contribution in [0.5, 0.6) is 0 Å². The third-order valence-electron chi connectivity index (χ3n) is 6.18. The summed E-state index contributed by atoms with van der Waals surface area (Å²) in [4.78, 5) is 2.43. The highest BCUT2D eigenvalue weighted by molar-refractivity contribution is 5.28. The summed E-state index contributed by atoms with van der Waals surface area (Å²) < 4.78 is 0. The number of nitrogens with zero attached hydrogens (tertiary/aromatic N) is 1. The molecule has 1 aromatic carbocycles. The Balaban J connectivity index is 1.73. The Morgan fingerprint density at radius 3 is 2.33 bits per heavy atom. The molecule has 0 saturated heterocycles. The van der Waals surface area contributed by atoms with Gasteiger partial charge in [0.15, 0.2) is 0 Å². The van der Waals surface area contributed by atoms with Gasteiger partial charge in [-0.3, -0.25) is 0 Å². The van der Waals surface area contributed by atoms with Gasteiger partial charge in [-0.05, 0) is 69.5 Å². The zero-order chi connectivity index (χ0) is 15.0. The van der Waals surface area contributed by atoms with Gasteiger partial charge in [0.1, 0.15) is 0 Å². The van der Waals surface area contributed by atoms with Crippen molar-refractivity contribution in [2.24, 2.45) is 17.6 Å². The highest BCUT2D eigenvalue weighted by Gasteiger charge is 2.52. The summed E-state index contributed by atoms with van der Waals surface area (Å²) in [6.45, 7) is 2.38. The van der Waals surface area contributed by atoms with Crippen molar-refractivity contribution >= 4 is 0 Å². The normalized spacial score (nSPS) is 37.5. The van der Waals surface area contributed by atoms with Gasteiger partial charge in [0, 0.05) is 11.6 Å². The molecule has 0 radical (unpaired) electrons. The summed E-state index contributed by atoms with van der Waals surface area (Å²) in [5.41, 5.74) is 8.53. The van der Waals surface area contributed by atoms with E-state index in [1.165, 1.54) is 37.7 Å². The van der Waals surface area contributed by atoms with E-state index in [0.29, 0.717) is 17.9 Å². The van der Waals surface area contributed by atoms with Gasteiger partial charge in [0.05, 0.1) is 0 Å². The molecule has 0 aromatic heterocycles. The minimum atomic E-state index is 0.223. The predicted molar refractivity (Wildman–Crippen MR) is 89.3 cm³/mol. The molecule has 3 atom stereocenters. The predicted octanol–water partition coefficient (Wildman–Crippen LogP) is 3.63. The van der Waals surface area contributed by atoms with E-state index in [-0.39, 0.29) is 5.54 Å². The standard InChI is InChI=1S/C19H30N2/c1-14-9-11-19(12-10-14,21(2)3)18(20)17-13-16(17)15-7-5-4-6-8-15/h4-8,14,16-18H,9-13,20H2,1-3H3. The lowest BCUT2D eigenvalue weighted by Crippen LogP contribution is -2.60. The summed E-state index contributed by atoms with van der Waals surface area (Å²) >= 11 is 0. The van der Waals surface area contributed by atoms with E-state index in [1.54, 1.807) is 0 Å². The van der Waals surface area contributed by atoms with E-state index >= 15 is 0 Å². The van der Waals surface area contributed by atoms with Gasteiger partial charge >= 0.3 is 0 Å². The first-order valence-electron chi connectivity index (χ1n) is 8.52.